The molecule has 1 aliphatic heterocycles. The van der Waals surface area contributed by atoms with Crippen molar-refractivity contribution in [3.8, 4) is 0 Å². The van der Waals surface area contributed by atoms with E-state index in [9.17, 15) is 5.11 Å². The van der Waals surface area contributed by atoms with E-state index in [1.54, 1.807) is 6.92 Å². The molecule has 1 fully saturated rings. The Morgan fingerprint density at radius 2 is 2.31 bits per heavy atom. The van der Waals surface area contributed by atoms with Crippen molar-refractivity contribution in [2.45, 2.75) is 44.8 Å². The summed E-state index contributed by atoms with van der Waals surface area (Å²) in [5, 5.41) is 9.93. The van der Waals surface area contributed by atoms with Crippen LogP contribution in [0.3, 0.4) is 0 Å². The lowest BCUT2D eigenvalue weighted by atomic mass is 10.0. The van der Waals surface area contributed by atoms with E-state index in [1.165, 1.54) is 0 Å². The van der Waals surface area contributed by atoms with E-state index in [1.807, 2.05) is 0 Å². The zero-order valence-corrected chi connectivity index (χ0v) is 10.6. The number of aliphatic hydroxyl groups is 1. The Hall–Kier alpha value is -0.160. The maximum absolute atomic E-state index is 9.93. The largest absolute Gasteiger partial charge is 0.388 e. The van der Waals surface area contributed by atoms with Crippen molar-refractivity contribution >= 4 is 0 Å². The van der Waals surface area contributed by atoms with Crippen molar-refractivity contribution in [3.05, 3.63) is 0 Å². The molecule has 96 valence electrons. The number of β-amino-alcohol motifs (C(OH)–C–C–N with tert-alkyl or cyclic N) is 1. The molecule has 0 radical (unpaired) electrons. The molecular weight excluding hydrogens is 204 g/mol. The van der Waals surface area contributed by atoms with Crippen LogP contribution in [0.5, 0.6) is 0 Å². The minimum Gasteiger partial charge on any atom is -0.388 e. The van der Waals surface area contributed by atoms with E-state index in [2.05, 4.69) is 11.8 Å². The molecule has 0 bridgehead atoms. The van der Waals surface area contributed by atoms with Crippen LogP contribution in [-0.4, -0.2) is 54.5 Å². The third-order valence-electron chi connectivity index (χ3n) is 3.02. The highest BCUT2D eigenvalue weighted by molar-refractivity contribution is 4.82. The van der Waals surface area contributed by atoms with Crippen molar-refractivity contribution in [2.24, 2.45) is 5.73 Å². The van der Waals surface area contributed by atoms with Gasteiger partial charge in [-0.25, -0.2) is 0 Å². The third-order valence-corrected chi connectivity index (χ3v) is 3.02. The molecule has 0 aromatic rings. The molecule has 0 amide bonds. The number of hydrogen-bond donors (Lipinski definition) is 2. The van der Waals surface area contributed by atoms with Crippen molar-refractivity contribution in [1.29, 1.82) is 0 Å². The predicted octanol–water partition coefficient (Wildman–Crippen LogP) is 0.587. The maximum Gasteiger partial charge on any atom is 0.0867 e. The first-order chi connectivity index (χ1) is 7.57. The van der Waals surface area contributed by atoms with E-state index in [-0.39, 0.29) is 0 Å². The van der Waals surface area contributed by atoms with Gasteiger partial charge in [0, 0.05) is 26.2 Å². The van der Waals surface area contributed by atoms with Gasteiger partial charge in [0.1, 0.15) is 0 Å². The molecule has 2 unspecified atom stereocenters. The summed E-state index contributed by atoms with van der Waals surface area (Å²) in [6, 6.07) is 0. The van der Waals surface area contributed by atoms with E-state index >= 15 is 0 Å². The highest BCUT2D eigenvalue weighted by Crippen LogP contribution is 2.16. The van der Waals surface area contributed by atoms with Crippen LogP contribution in [0.25, 0.3) is 0 Å². The van der Waals surface area contributed by atoms with E-state index in [0.717, 1.165) is 39.0 Å². The van der Waals surface area contributed by atoms with Crippen LogP contribution in [0.4, 0.5) is 0 Å². The smallest absolute Gasteiger partial charge is 0.0867 e. The van der Waals surface area contributed by atoms with Crippen LogP contribution in [0, 0.1) is 0 Å². The second-order valence-corrected chi connectivity index (χ2v) is 5.07. The zero-order chi connectivity index (χ0) is 12.0. The SMILES string of the molecule is CCCOC1CCCN(CC(C)(O)CN)C1. The third kappa shape index (κ3) is 4.78. The summed E-state index contributed by atoms with van der Waals surface area (Å²) in [6.45, 7) is 7.69. The average molecular weight is 230 g/mol. The van der Waals surface area contributed by atoms with Gasteiger partial charge < -0.3 is 15.6 Å². The fourth-order valence-corrected chi connectivity index (χ4v) is 2.12. The molecule has 1 heterocycles. The number of likely N-dealkylation sites (tertiary alicyclic amines) is 1. The summed E-state index contributed by atoms with van der Waals surface area (Å²) in [6.07, 6.45) is 3.69. The molecule has 1 aliphatic rings. The number of ether oxygens (including phenoxy) is 1. The molecule has 4 heteroatoms. The number of nitrogens with zero attached hydrogens (tertiary/aromatic N) is 1. The molecule has 0 aliphatic carbocycles. The summed E-state index contributed by atoms with van der Waals surface area (Å²) in [4.78, 5) is 2.26. The average Bonchev–Trinajstić information content (AvgIpc) is 2.26. The number of rotatable bonds is 6. The Morgan fingerprint density at radius 1 is 1.56 bits per heavy atom. The fourth-order valence-electron chi connectivity index (χ4n) is 2.12. The minimum absolute atomic E-state index is 0.310. The van der Waals surface area contributed by atoms with Crippen LogP contribution in [0.15, 0.2) is 0 Å². The first kappa shape index (κ1) is 13.9. The monoisotopic (exact) mass is 230 g/mol. The molecule has 16 heavy (non-hydrogen) atoms. The van der Waals surface area contributed by atoms with E-state index in [4.69, 9.17) is 10.5 Å². The van der Waals surface area contributed by atoms with Crippen molar-refractivity contribution < 1.29 is 9.84 Å². The van der Waals surface area contributed by atoms with Crippen molar-refractivity contribution in [2.75, 3.05) is 32.8 Å². The molecule has 2 atom stereocenters. The lowest BCUT2D eigenvalue weighted by Gasteiger charge is -2.36. The Bertz CT molecular complexity index is 197. The Labute approximate surface area is 98.8 Å². The molecule has 0 aromatic heterocycles. The molecule has 0 saturated carbocycles. The highest BCUT2D eigenvalue weighted by atomic mass is 16.5. The van der Waals surface area contributed by atoms with Gasteiger partial charge in [0.2, 0.25) is 0 Å². The lowest BCUT2D eigenvalue weighted by Crippen LogP contribution is -2.50. The predicted molar refractivity (Wildman–Crippen MR) is 65.4 cm³/mol. The molecule has 1 rings (SSSR count). The minimum atomic E-state index is -0.771. The highest BCUT2D eigenvalue weighted by Gasteiger charge is 2.26. The van der Waals surface area contributed by atoms with Crippen molar-refractivity contribution in [1.82, 2.24) is 4.90 Å². The normalized spacial score (nSPS) is 26.6. The fraction of sp³-hybridized carbons (Fsp3) is 1.00. The van der Waals surface area contributed by atoms with Crippen molar-refractivity contribution in [3.63, 3.8) is 0 Å². The standard InChI is InChI=1S/C12H26N2O2/c1-3-7-16-11-5-4-6-14(8-11)10-12(2,15)9-13/h11,15H,3-10,13H2,1-2H3. The van der Waals surface area contributed by atoms with Gasteiger partial charge in [-0.3, -0.25) is 4.90 Å². The molecular formula is C12H26N2O2. The van der Waals surface area contributed by atoms with Gasteiger partial charge in [0.05, 0.1) is 11.7 Å². The van der Waals surface area contributed by atoms with E-state index < -0.39 is 5.60 Å². The van der Waals surface area contributed by atoms with Gasteiger partial charge in [-0.15, -0.1) is 0 Å². The molecule has 1 saturated heterocycles. The second kappa shape index (κ2) is 6.55. The Balaban J connectivity index is 2.32. The van der Waals surface area contributed by atoms with Gasteiger partial charge in [-0.05, 0) is 32.7 Å². The number of hydrogen-bond acceptors (Lipinski definition) is 4. The van der Waals surface area contributed by atoms with Gasteiger partial charge in [0.25, 0.3) is 0 Å². The zero-order valence-electron chi connectivity index (χ0n) is 10.6. The summed E-state index contributed by atoms with van der Waals surface area (Å²) < 4.78 is 5.76. The molecule has 4 nitrogen and oxygen atoms in total. The van der Waals surface area contributed by atoms with Crippen LogP contribution < -0.4 is 5.73 Å². The summed E-state index contributed by atoms with van der Waals surface area (Å²) in [7, 11) is 0. The summed E-state index contributed by atoms with van der Waals surface area (Å²) in [5.41, 5.74) is 4.76. The summed E-state index contributed by atoms with van der Waals surface area (Å²) >= 11 is 0. The molecule has 3 N–H and O–H groups in total. The topological polar surface area (TPSA) is 58.7 Å². The summed E-state index contributed by atoms with van der Waals surface area (Å²) in [5.74, 6) is 0. The first-order valence-corrected chi connectivity index (χ1v) is 6.34. The first-order valence-electron chi connectivity index (χ1n) is 6.34. The van der Waals surface area contributed by atoms with Gasteiger partial charge in [-0.1, -0.05) is 6.92 Å². The molecule has 0 spiro atoms. The quantitative estimate of drug-likeness (QED) is 0.701. The lowest BCUT2D eigenvalue weighted by molar-refractivity contribution is -0.0312. The van der Waals surface area contributed by atoms with Crippen LogP contribution in [-0.2, 0) is 4.74 Å². The molecule has 0 aromatic carbocycles. The maximum atomic E-state index is 9.93. The Kier molecular flexibility index (Phi) is 5.69. The second-order valence-electron chi connectivity index (χ2n) is 5.07. The van der Waals surface area contributed by atoms with Crippen LogP contribution in [0.2, 0.25) is 0 Å². The number of nitrogens with two attached hydrogens (primary N) is 1. The number of piperidine rings is 1. The van der Waals surface area contributed by atoms with Crippen LogP contribution in [0.1, 0.15) is 33.1 Å². The Morgan fingerprint density at radius 3 is 2.94 bits per heavy atom. The van der Waals surface area contributed by atoms with Crippen LogP contribution >= 0.6 is 0 Å². The van der Waals surface area contributed by atoms with Gasteiger partial charge in [0.15, 0.2) is 0 Å². The van der Waals surface area contributed by atoms with E-state index in [0.29, 0.717) is 19.2 Å². The van der Waals surface area contributed by atoms with Gasteiger partial charge in [-0.2, -0.15) is 0 Å². The van der Waals surface area contributed by atoms with Gasteiger partial charge >= 0.3 is 0 Å².